The van der Waals surface area contributed by atoms with E-state index in [0.29, 0.717) is 5.56 Å². The summed E-state index contributed by atoms with van der Waals surface area (Å²) in [6, 6.07) is 13.5. The second-order valence-corrected chi connectivity index (χ2v) is 6.84. The maximum atomic E-state index is 13.9. The van der Waals surface area contributed by atoms with E-state index in [1.807, 2.05) is 30.3 Å². The average Bonchev–Trinajstić information content (AvgIpc) is 3.19. The molecule has 0 saturated heterocycles. The molecule has 1 atom stereocenters. The molecule has 150 valence electrons. The number of halogens is 1. The lowest BCUT2D eigenvalue weighted by atomic mass is 10.0. The van der Waals surface area contributed by atoms with E-state index in [2.05, 4.69) is 10.3 Å². The number of hydrogen-bond acceptors (Lipinski definition) is 4. The number of rotatable bonds is 7. The number of imidazole rings is 1. The quantitative estimate of drug-likeness (QED) is 0.486. The van der Waals surface area contributed by atoms with Crippen LogP contribution in [-0.4, -0.2) is 27.5 Å². The van der Waals surface area contributed by atoms with Gasteiger partial charge in [-0.05, 0) is 37.6 Å². The Balaban J connectivity index is 1.89. The number of nitrogens with one attached hydrogen (secondary N) is 1. The predicted octanol–water partition coefficient (Wildman–Crippen LogP) is 3.90. The third kappa shape index (κ3) is 5.28. The van der Waals surface area contributed by atoms with E-state index in [1.54, 1.807) is 36.9 Å². The monoisotopic (exact) mass is 395 g/mol. The Morgan fingerprint density at radius 2 is 1.93 bits per heavy atom. The minimum absolute atomic E-state index is 0.0629. The van der Waals surface area contributed by atoms with Crippen molar-refractivity contribution in [3.05, 3.63) is 73.1 Å². The molecule has 1 amide bonds. The van der Waals surface area contributed by atoms with E-state index in [0.717, 1.165) is 5.56 Å². The summed E-state index contributed by atoms with van der Waals surface area (Å²) in [7, 11) is 0. The van der Waals surface area contributed by atoms with Crippen molar-refractivity contribution in [2.24, 2.45) is 5.92 Å². The molecular weight excluding hydrogens is 373 g/mol. The average molecular weight is 395 g/mol. The summed E-state index contributed by atoms with van der Waals surface area (Å²) in [5, 5.41) is 2.70. The number of benzene rings is 2. The molecule has 29 heavy (non-hydrogen) atoms. The van der Waals surface area contributed by atoms with Gasteiger partial charge in [-0.2, -0.15) is 0 Å². The topological polar surface area (TPSA) is 73.2 Å². The zero-order chi connectivity index (χ0) is 20.8. The molecule has 0 bridgehead atoms. The summed E-state index contributed by atoms with van der Waals surface area (Å²) >= 11 is 0. The number of aromatic nitrogens is 2. The van der Waals surface area contributed by atoms with Gasteiger partial charge in [0.15, 0.2) is 5.92 Å². The highest BCUT2D eigenvalue weighted by Crippen LogP contribution is 2.29. The molecule has 6 nitrogen and oxygen atoms in total. The molecular formula is C22H22FN3O3. The predicted molar refractivity (Wildman–Crippen MR) is 107 cm³/mol. The van der Waals surface area contributed by atoms with Crippen LogP contribution in [0.1, 0.15) is 13.8 Å². The highest BCUT2D eigenvalue weighted by Gasteiger charge is 2.30. The molecule has 0 aliphatic rings. The van der Waals surface area contributed by atoms with Crippen molar-refractivity contribution in [1.29, 1.82) is 0 Å². The Kier molecular flexibility index (Phi) is 6.39. The second kappa shape index (κ2) is 9.14. The third-order valence-electron chi connectivity index (χ3n) is 4.23. The number of ether oxygens (including phenoxy) is 1. The van der Waals surface area contributed by atoms with Gasteiger partial charge in [0, 0.05) is 24.5 Å². The van der Waals surface area contributed by atoms with Crippen LogP contribution in [0, 0.1) is 11.7 Å². The molecule has 3 rings (SSSR count). The van der Waals surface area contributed by atoms with E-state index in [9.17, 15) is 14.0 Å². The van der Waals surface area contributed by atoms with Gasteiger partial charge in [-0.25, -0.2) is 9.37 Å². The fourth-order valence-corrected chi connectivity index (χ4v) is 2.89. The lowest BCUT2D eigenvalue weighted by Crippen LogP contribution is -2.35. The second-order valence-electron chi connectivity index (χ2n) is 6.84. The van der Waals surface area contributed by atoms with Crippen molar-refractivity contribution in [2.45, 2.75) is 26.5 Å². The fourth-order valence-electron chi connectivity index (χ4n) is 2.89. The van der Waals surface area contributed by atoms with Crippen LogP contribution in [0.25, 0.3) is 11.1 Å². The zero-order valence-corrected chi connectivity index (χ0v) is 16.2. The maximum Gasteiger partial charge on any atom is 0.320 e. The third-order valence-corrected chi connectivity index (χ3v) is 4.23. The molecule has 0 spiro atoms. The summed E-state index contributed by atoms with van der Waals surface area (Å²) in [6.45, 7) is 3.49. The largest absolute Gasteiger partial charge is 0.462 e. The molecule has 0 aliphatic carbocycles. The molecule has 1 heterocycles. The van der Waals surface area contributed by atoms with Crippen LogP contribution in [0.3, 0.4) is 0 Å². The van der Waals surface area contributed by atoms with E-state index in [4.69, 9.17) is 4.74 Å². The summed E-state index contributed by atoms with van der Waals surface area (Å²) in [4.78, 5) is 29.5. The summed E-state index contributed by atoms with van der Waals surface area (Å²) in [6.07, 6.45) is 4.36. The Morgan fingerprint density at radius 3 is 2.59 bits per heavy atom. The van der Waals surface area contributed by atoms with E-state index in [-0.39, 0.29) is 18.3 Å². The number of carbonyl (C=O) groups is 2. The zero-order valence-electron chi connectivity index (χ0n) is 16.2. The SMILES string of the molecule is CC(C)OC(=O)[C@@H](Cn1ccnc1)C(=O)Nc1cc(F)ccc1-c1ccccc1. The number of esters is 1. The summed E-state index contributed by atoms with van der Waals surface area (Å²) in [5.41, 5.74) is 1.76. The first-order valence-electron chi connectivity index (χ1n) is 9.26. The number of amides is 1. The van der Waals surface area contributed by atoms with Gasteiger partial charge in [0.1, 0.15) is 5.82 Å². The van der Waals surface area contributed by atoms with Crippen LogP contribution in [0.5, 0.6) is 0 Å². The molecule has 1 aromatic heterocycles. The minimum atomic E-state index is -1.11. The molecule has 0 fully saturated rings. The number of nitrogens with zero attached hydrogens (tertiary/aromatic N) is 2. The molecule has 0 radical (unpaired) electrons. The first-order valence-corrected chi connectivity index (χ1v) is 9.26. The molecule has 0 saturated carbocycles. The van der Waals surface area contributed by atoms with Crippen LogP contribution >= 0.6 is 0 Å². The molecule has 1 N–H and O–H groups in total. The Bertz CT molecular complexity index is 972. The highest BCUT2D eigenvalue weighted by atomic mass is 19.1. The molecule has 0 unspecified atom stereocenters. The van der Waals surface area contributed by atoms with E-state index < -0.39 is 23.6 Å². The first kappa shape index (κ1) is 20.3. The van der Waals surface area contributed by atoms with Gasteiger partial charge in [-0.1, -0.05) is 30.3 Å². The number of hydrogen-bond donors (Lipinski definition) is 1. The summed E-state index contributed by atoms with van der Waals surface area (Å²) in [5.74, 6) is -2.83. The van der Waals surface area contributed by atoms with Crippen molar-refractivity contribution >= 4 is 17.6 Å². The van der Waals surface area contributed by atoms with Crippen LogP contribution < -0.4 is 5.32 Å². The highest BCUT2D eigenvalue weighted by molar-refractivity contribution is 6.06. The molecule has 7 heteroatoms. The van der Waals surface area contributed by atoms with Gasteiger partial charge >= 0.3 is 5.97 Å². The van der Waals surface area contributed by atoms with Crippen LogP contribution in [0.4, 0.5) is 10.1 Å². The fraction of sp³-hybridized carbons (Fsp3) is 0.227. The van der Waals surface area contributed by atoms with Crippen molar-refractivity contribution < 1.29 is 18.7 Å². The Hall–Kier alpha value is -3.48. The van der Waals surface area contributed by atoms with Crippen LogP contribution in [-0.2, 0) is 20.9 Å². The van der Waals surface area contributed by atoms with Crippen molar-refractivity contribution in [2.75, 3.05) is 5.32 Å². The maximum absolute atomic E-state index is 13.9. The minimum Gasteiger partial charge on any atom is -0.462 e. The number of carbonyl (C=O) groups excluding carboxylic acids is 2. The lowest BCUT2D eigenvalue weighted by Gasteiger charge is -2.19. The van der Waals surface area contributed by atoms with Crippen molar-refractivity contribution in [3.8, 4) is 11.1 Å². The Labute approximate surface area is 168 Å². The Morgan fingerprint density at radius 1 is 1.17 bits per heavy atom. The number of anilines is 1. The van der Waals surface area contributed by atoms with Crippen LogP contribution in [0.2, 0.25) is 0 Å². The van der Waals surface area contributed by atoms with Gasteiger partial charge in [0.05, 0.1) is 18.1 Å². The lowest BCUT2D eigenvalue weighted by molar-refractivity contribution is -0.155. The first-order chi connectivity index (χ1) is 13.9. The van der Waals surface area contributed by atoms with Crippen LogP contribution in [0.15, 0.2) is 67.3 Å². The van der Waals surface area contributed by atoms with Gasteiger partial charge in [0.25, 0.3) is 0 Å². The summed E-state index contributed by atoms with van der Waals surface area (Å²) < 4.78 is 20.8. The molecule has 3 aromatic rings. The van der Waals surface area contributed by atoms with Gasteiger partial charge in [-0.15, -0.1) is 0 Å². The van der Waals surface area contributed by atoms with E-state index >= 15 is 0 Å². The van der Waals surface area contributed by atoms with E-state index in [1.165, 1.54) is 18.5 Å². The van der Waals surface area contributed by atoms with Gasteiger partial charge in [0.2, 0.25) is 5.91 Å². The normalized spacial score (nSPS) is 11.9. The molecule has 0 aliphatic heterocycles. The van der Waals surface area contributed by atoms with Crippen molar-refractivity contribution in [3.63, 3.8) is 0 Å². The van der Waals surface area contributed by atoms with Crippen molar-refractivity contribution in [1.82, 2.24) is 9.55 Å². The molecule has 2 aromatic carbocycles. The van der Waals surface area contributed by atoms with Gasteiger partial charge in [-0.3, -0.25) is 9.59 Å². The van der Waals surface area contributed by atoms with Gasteiger partial charge < -0.3 is 14.6 Å². The smallest absolute Gasteiger partial charge is 0.320 e. The standard InChI is InChI=1S/C22H22FN3O3/c1-15(2)29-22(28)19(13-26-11-10-24-14-26)21(27)25-20-12-17(23)8-9-18(20)16-6-4-3-5-7-16/h3-12,14-15,19H,13H2,1-2H3,(H,25,27)/t19-/m0/s1.